The first-order valence-corrected chi connectivity index (χ1v) is 11.4. The van der Waals surface area contributed by atoms with Crippen LogP contribution in [0.1, 0.15) is 24.0 Å². The fourth-order valence-electron chi connectivity index (χ4n) is 4.37. The Labute approximate surface area is 204 Å². The third kappa shape index (κ3) is 5.49. The van der Waals surface area contributed by atoms with Crippen LogP contribution in [0.5, 0.6) is 0 Å². The molecule has 0 bridgehead atoms. The summed E-state index contributed by atoms with van der Waals surface area (Å²) in [6, 6.07) is 15.2. The van der Waals surface area contributed by atoms with Crippen LogP contribution < -0.4 is 5.32 Å². The number of likely N-dealkylation sites (tertiary alicyclic amines) is 1. The quantitative estimate of drug-likeness (QED) is 0.392. The van der Waals surface area contributed by atoms with Gasteiger partial charge in [-0.25, -0.2) is 0 Å². The van der Waals surface area contributed by atoms with E-state index in [2.05, 4.69) is 15.2 Å². The molecule has 2 N–H and O–H groups in total. The Balaban J connectivity index is 1.36. The molecule has 2 heterocycles. The van der Waals surface area contributed by atoms with E-state index in [0.717, 1.165) is 55.9 Å². The van der Waals surface area contributed by atoms with Crippen LogP contribution in [-0.2, 0) is 12.1 Å². The van der Waals surface area contributed by atoms with Crippen LogP contribution in [-0.4, -0.2) is 46.5 Å². The van der Waals surface area contributed by atoms with E-state index in [1.165, 1.54) is 0 Å². The summed E-state index contributed by atoms with van der Waals surface area (Å²) in [6.07, 6.45) is -6.32. The van der Waals surface area contributed by atoms with Gasteiger partial charge in [-0.05, 0) is 41.7 Å². The number of alkyl halides is 6. The third-order valence-corrected chi connectivity index (χ3v) is 6.46. The predicted octanol–water partition coefficient (Wildman–Crippen LogP) is 6.14. The normalized spacial score (nSPS) is 16.2. The lowest BCUT2D eigenvalue weighted by Gasteiger charge is -2.33. The van der Waals surface area contributed by atoms with Gasteiger partial charge in [-0.2, -0.15) is 26.3 Å². The highest BCUT2D eigenvalue weighted by Gasteiger charge is 2.71. The second kappa shape index (κ2) is 10.1. The van der Waals surface area contributed by atoms with Gasteiger partial charge in [-0.15, -0.1) is 0 Å². The van der Waals surface area contributed by atoms with Crippen molar-refractivity contribution < 1.29 is 31.4 Å². The van der Waals surface area contributed by atoms with E-state index >= 15 is 0 Å². The van der Waals surface area contributed by atoms with Crippen LogP contribution in [0.3, 0.4) is 0 Å². The SMILES string of the molecule is OC(c1ccc(-c2ccc(CN3CCC(Nc4ccncc4)CC3)cc2)cc1)(C(F)(F)F)C(F)(F)F. The van der Waals surface area contributed by atoms with Crippen LogP contribution in [0.2, 0.25) is 0 Å². The van der Waals surface area contributed by atoms with Gasteiger partial charge < -0.3 is 10.4 Å². The van der Waals surface area contributed by atoms with Crippen molar-refractivity contribution in [1.29, 1.82) is 0 Å². The number of hydrogen-bond acceptors (Lipinski definition) is 4. The van der Waals surface area contributed by atoms with Crippen molar-refractivity contribution in [3.63, 3.8) is 0 Å². The second-order valence-corrected chi connectivity index (χ2v) is 8.91. The molecule has 1 aliphatic heterocycles. The molecule has 0 unspecified atom stereocenters. The fourth-order valence-corrected chi connectivity index (χ4v) is 4.37. The molecule has 0 amide bonds. The van der Waals surface area contributed by atoms with Gasteiger partial charge in [0.25, 0.3) is 5.60 Å². The summed E-state index contributed by atoms with van der Waals surface area (Å²) in [4.78, 5) is 6.35. The standard InChI is InChI=1S/C26H25F6N3O/c27-25(28,29)24(36,26(30,31)32)21-7-5-20(6-8-21)19-3-1-18(2-4-19)17-35-15-11-23(12-16-35)34-22-9-13-33-14-10-22/h1-10,13-14,23,36H,11-12,15-17H2,(H,33,34). The number of anilines is 1. The highest BCUT2D eigenvalue weighted by atomic mass is 19.4. The van der Waals surface area contributed by atoms with Gasteiger partial charge in [-0.1, -0.05) is 48.5 Å². The predicted molar refractivity (Wildman–Crippen MR) is 124 cm³/mol. The number of aromatic nitrogens is 1. The van der Waals surface area contributed by atoms with Crippen LogP contribution >= 0.6 is 0 Å². The molecule has 0 aliphatic carbocycles. The molecule has 10 heteroatoms. The van der Waals surface area contributed by atoms with Gasteiger partial charge in [0.1, 0.15) is 0 Å². The Kier molecular flexibility index (Phi) is 7.28. The van der Waals surface area contributed by atoms with Crippen molar-refractivity contribution in [2.45, 2.75) is 43.4 Å². The number of nitrogens with one attached hydrogen (secondary N) is 1. The van der Waals surface area contributed by atoms with Gasteiger partial charge in [0, 0.05) is 49.3 Å². The Bertz CT molecular complexity index is 1110. The van der Waals surface area contributed by atoms with Crippen molar-refractivity contribution in [3.8, 4) is 11.1 Å². The number of aliphatic hydroxyl groups is 1. The molecule has 0 spiro atoms. The zero-order valence-corrected chi connectivity index (χ0v) is 19.2. The molecule has 2 aromatic carbocycles. The highest BCUT2D eigenvalue weighted by molar-refractivity contribution is 5.64. The number of nitrogens with zero attached hydrogens (tertiary/aromatic N) is 2. The minimum Gasteiger partial charge on any atom is -0.382 e. The van der Waals surface area contributed by atoms with Crippen LogP contribution in [0.25, 0.3) is 11.1 Å². The van der Waals surface area contributed by atoms with Crippen molar-refractivity contribution in [2.24, 2.45) is 0 Å². The largest absolute Gasteiger partial charge is 0.430 e. The molecule has 1 fully saturated rings. The Morgan fingerprint density at radius 2 is 1.28 bits per heavy atom. The molecule has 192 valence electrons. The topological polar surface area (TPSA) is 48.4 Å². The average molecular weight is 509 g/mol. The first kappa shape index (κ1) is 26.0. The lowest BCUT2D eigenvalue weighted by atomic mass is 9.90. The minimum atomic E-state index is -5.90. The third-order valence-electron chi connectivity index (χ3n) is 6.46. The van der Waals surface area contributed by atoms with E-state index in [4.69, 9.17) is 0 Å². The Morgan fingerprint density at radius 3 is 1.78 bits per heavy atom. The van der Waals surface area contributed by atoms with Gasteiger partial charge in [0.15, 0.2) is 0 Å². The molecule has 3 aromatic rings. The lowest BCUT2D eigenvalue weighted by Crippen LogP contribution is -2.53. The van der Waals surface area contributed by atoms with Gasteiger partial charge >= 0.3 is 12.4 Å². The number of hydrogen-bond donors (Lipinski definition) is 2. The Hall–Kier alpha value is -3.11. The van der Waals surface area contributed by atoms with Crippen LogP contribution in [0.15, 0.2) is 73.1 Å². The highest BCUT2D eigenvalue weighted by Crippen LogP contribution is 2.50. The summed E-state index contributed by atoms with van der Waals surface area (Å²) in [5, 5.41) is 13.1. The number of benzene rings is 2. The summed E-state index contributed by atoms with van der Waals surface area (Å²) in [6.45, 7) is 2.59. The maximum absolute atomic E-state index is 13.1. The van der Waals surface area contributed by atoms with Crippen molar-refractivity contribution in [2.75, 3.05) is 18.4 Å². The lowest BCUT2D eigenvalue weighted by molar-refractivity contribution is -0.376. The van der Waals surface area contributed by atoms with Crippen molar-refractivity contribution in [1.82, 2.24) is 9.88 Å². The van der Waals surface area contributed by atoms with Gasteiger partial charge in [0.05, 0.1) is 0 Å². The number of pyridine rings is 1. The molecule has 4 rings (SSSR count). The molecule has 1 aliphatic rings. The van der Waals surface area contributed by atoms with Gasteiger partial charge in [0.2, 0.25) is 0 Å². The molecule has 1 aromatic heterocycles. The van der Waals surface area contributed by atoms with E-state index in [1.54, 1.807) is 24.5 Å². The van der Waals surface area contributed by atoms with E-state index in [9.17, 15) is 31.4 Å². The van der Waals surface area contributed by atoms with Crippen molar-refractivity contribution in [3.05, 3.63) is 84.2 Å². The number of piperidine rings is 1. The van der Waals surface area contributed by atoms with Crippen LogP contribution in [0.4, 0.5) is 32.0 Å². The molecule has 0 radical (unpaired) electrons. The molecule has 0 saturated carbocycles. The maximum atomic E-state index is 13.1. The molecule has 1 saturated heterocycles. The monoisotopic (exact) mass is 509 g/mol. The molecule has 36 heavy (non-hydrogen) atoms. The first-order chi connectivity index (χ1) is 17.0. The molecule has 0 atom stereocenters. The summed E-state index contributed by atoms with van der Waals surface area (Å²) >= 11 is 0. The minimum absolute atomic E-state index is 0.390. The Morgan fingerprint density at radius 1 is 0.778 bits per heavy atom. The smallest absolute Gasteiger partial charge is 0.382 e. The van der Waals surface area contributed by atoms with E-state index < -0.39 is 23.5 Å². The summed E-state index contributed by atoms with van der Waals surface area (Å²) in [5.41, 5.74) is -3.00. The average Bonchev–Trinajstić information content (AvgIpc) is 2.85. The van der Waals surface area contributed by atoms with E-state index in [0.29, 0.717) is 29.3 Å². The zero-order chi connectivity index (χ0) is 26.0. The molecular formula is C26H25F6N3O. The molecule has 4 nitrogen and oxygen atoms in total. The maximum Gasteiger partial charge on any atom is 0.430 e. The summed E-state index contributed by atoms with van der Waals surface area (Å²) < 4.78 is 78.5. The second-order valence-electron chi connectivity index (χ2n) is 8.91. The van der Waals surface area contributed by atoms with E-state index in [-0.39, 0.29) is 0 Å². The van der Waals surface area contributed by atoms with Crippen LogP contribution in [0, 0.1) is 0 Å². The fraction of sp³-hybridized carbons (Fsp3) is 0.346. The zero-order valence-electron chi connectivity index (χ0n) is 19.2. The molecular weight excluding hydrogens is 484 g/mol. The summed E-state index contributed by atoms with van der Waals surface area (Å²) in [5.74, 6) is 0. The van der Waals surface area contributed by atoms with E-state index in [1.807, 2.05) is 24.3 Å². The number of halogens is 6. The summed E-state index contributed by atoms with van der Waals surface area (Å²) in [7, 11) is 0. The van der Waals surface area contributed by atoms with Gasteiger partial charge in [-0.3, -0.25) is 9.88 Å². The first-order valence-electron chi connectivity index (χ1n) is 11.4. The van der Waals surface area contributed by atoms with Crippen molar-refractivity contribution >= 4 is 5.69 Å². The number of rotatable bonds is 6.